The Morgan fingerprint density at radius 3 is 2.15 bits per heavy atom. The lowest BCUT2D eigenvalue weighted by Gasteiger charge is -2.25. The average molecular weight is 479 g/mol. The molecule has 13 heteroatoms. The van der Waals surface area contributed by atoms with Crippen molar-refractivity contribution in [2.45, 2.75) is 62.2 Å². The highest BCUT2D eigenvalue weighted by atomic mass is 19.4. The molecule has 1 rings (SSSR count). The summed E-state index contributed by atoms with van der Waals surface area (Å²) >= 11 is 0. The van der Waals surface area contributed by atoms with Crippen molar-refractivity contribution >= 4 is 17.8 Å². The zero-order valence-electron chi connectivity index (χ0n) is 17.5. The first-order chi connectivity index (χ1) is 15.3. The number of carbonyl (C=O) groups excluding carboxylic acids is 2. The molecule has 0 spiro atoms. The van der Waals surface area contributed by atoms with Crippen LogP contribution in [0.4, 0.5) is 13.2 Å². The average Bonchev–Trinajstić information content (AvgIpc) is 2.75. The van der Waals surface area contributed by atoms with Gasteiger partial charge in [-0.1, -0.05) is 30.3 Å². The van der Waals surface area contributed by atoms with Crippen molar-refractivity contribution in [1.82, 2.24) is 10.6 Å². The number of rotatable bonds is 13. The molecule has 186 valence electrons. The standard InChI is InChI=1S/C20H28F3N3O7/c21-20(22,23)7-6-13(24)18(32)25-12(10-27)8-15(28)17(31)19(33)26-14(9-16(29)30)11-4-2-1-3-5-11/h1-5,12-15,17,27-28,31H,6-10,24H2,(H,25,32)(H,26,33)(H,29,30)/t12-,13+,14+,15-,17+/m1/s1. The predicted octanol–water partition coefficient (Wildman–Crippen LogP) is -0.423. The zero-order valence-corrected chi connectivity index (χ0v) is 17.5. The van der Waals surface area contributed by atoms with Crippen LogP contribution in [0, 0.1) is 0 Å². The van der Waals surface area contributed by atoms with E-state index in [1.807, 2.05) is 0 Å². The number of carboxylic acids is 1. The molecule has 0 fully saturated rings. The van der Waals surface area contributed by atoms with Crippen molar-refractivity contribution in [2.75, 3.05) is 6.61 Å². The molecule has 0 radical (unpaired) electrons. The van der Waals surface area contributed by atoms with Crippen LogP contribution < -0.4 is 16.4 Å². The minimum absolute atomic E-state index is 0.447. The molecule has 33 heavy (non-hydrogen) atoms. The summed E-state index contributed by atoms with van der Waals surface area (Å²) in [4.78, 5) is 35.4. The van der Waals surface area contributed by atoms with Gasteiger partial charge in [-0.15, -0.1) is 0 Å². The van der Waals surface area contributed by atoms with Crippen LogP contribution in [-0.2, 0) is 14.4 Å². The third kappa shape index (κ3) is 10.6. The highest BCUT2D eigenvalue weighted by molar-refractivity contribution is 5.83. The second kappa shape index (κ2) is 13.1. The fourth-order valence-electron chi connectivity index (χ4n) is 2.90. The Balaban J connectivity index is 2.69. The maximum Gasteiger partial charge on any atom is 0.389 e. The topological polar surface area (TPSA) is 182 Å². The first-order valence-corrected chi connectivity index (χ1v) is 10.0. The highest BCUT2D eigenvalue weighted by Crippen LogP contribution is 2.22. The number of alkyl halides is 3. The minimum Gasteiger partial charge on any atom is -0.481 e. The second-order valence-corrected chi connectivity index (χ2v) is 7.47. The quantitative estimate of drug-likeness (QED) is 0.199. The van der Waals surface area contributed by atoms with Gasteiger partial charge >= 0.3 is 12.1 Å². The van der Waals surface area contributed by atoms with E-state index >= 15 is 0 Å². The number of aliphatic carboxylic acids is 1. The number of carboxylic acid groups (broad SMARTS) is 1. The van der Waals surface area contributed by atoms with Gasteiger partial charge in [0, 0.05) is 6.42 Å². The van der Waals surface area contributed by atoms with E-state index in [2.05, 4.69) is 10.6 Å². The Hall–Kier alpha value is -2.74. The van der Waals surface area contributed by atoms with Crippen LogP contribution in [0.25, 0.3) is 0 Å². The molecule has 2 amide bonds. The molecule has 1 aromatic rings. The smallest absolute Gasteiger partial charge is 0.389 e. The van der Waals surface area contributed by atoms with Gasteiger partial charge in [0.2, 0.25) is 5.91 Å². The minimum atomic E-state index is -4.50. The van der Waals surface area contributed by atoms with Crippen LogP contribution in [-0.4, -0.2) is 75.3 Å². The Labute approximate surface area is 187 Å². The molecule has 0 aliphatic rings. The van der Waals surface area contributed by atoms with Gasteiger partial charge in [0.05, 0.1) is 37.3 Å². The van der Waals surface area contributed by atoms with Crippen LogP contribution in [0.5, 0.6) is 0 Å². The Kier molecular flexibility index (Phi) is 11.2. The summed E-state index contributed by atoms with van der Waals surface area (Å²) in [6.07, 6.45) is -11.3. The summed E-state index contributed by atoms with van der Waals surface area (Å²) in [5.74, 6) is -3.32. The lowest BCUT2D eigenvalue weighted by atomic mass is 10.0. The number of aliphatic hydroxyl groups is 3. The van der Waals surface area contributed by atoms with Crippen molar-refractivity contribution in [3.63, 3.8) is 0 Å². The molecule has 0 aromatic heterocycles. The second-order valence-electron chi connectivity index (χ2n) is 7.47. The van der Waals surface area contributed by atoms with Crippen molar-refractivity contribution in [3.05, 3.63) is 35.9 Å². The fourth-order valence-corrected chi connectivity index (χ4v) is 2.90. The van der Waals surface area contributed by atoms with Gasteiger partial charge in [-0.2, -0.15) is 13.2 Å². The van der Waals surface area contributed by atoms with E-state index in [9.17, 15) is 42.9 Å². The maximum atomic E-state index is 12.3. The SMILES string of the molecule is N[C@@H](CCC(F)(F)F)C(=O)N[C@@H](CO)C[C@@H](O)[C@H](O)C(=O)N[C@@H](CC(=O)O)c1ccccc1. The van der Waals surface area contributed by atoms with Gasteiger partial charge in [-0.3, -0.25) is 14.4 Å². The fraction of sp³-hybridized carbons (Fsp3) is 0.550. The molecule has 0 bridgehead atoms. The summed E-state index contributed by atoms with van der Waals surface area (Å²) in [6.45, 7) is -0.755. The Morgan fingerprint density at radius 2 is 1.64 bits per heavy atom. The van der Waals surface area contributed by atoms with Crippen LogP contribution in [0.1, 0.15) is 37.3 Å². The molecule has 0 aliphatic heterocycles. The van der Waals surface area contributed by atoms with Crippen molar-refractivity contribution in [3.8, 4) is 0 Å². The third-order valence-electron chi connectivity index (χ3n) is 4.70. The third-order valence-corrected chi connectivity index (χ3v) is 4.70. The molecule has 10 nitrogen and oxygen atoms in total. The number of hydrogen-bond acceptors (Lipinski definition) is 7. The number of halogens is 3. The van der Waals surface area contributed by atoms with Crippen LogP contribution in [0.15, 0.2) is 30.3 Å². The molecule has 0 saturated carbocycles. The number of carbonyl (C=O) groups is 3. The van der Waals surface area contributed by atoms with Crippen LogP contribution in [0.2, 0.25) is 0 Å². The van der Waals surface area contributed by atoms with Crippen LogP contribution >= 0.6 is 0 Å². The molecular weight excluding hydrogens is 451 g/mol. The van der Waals surface area contributed by atoms with Gasteiger partial charge in [0.1, 0.15) is 0 Å². The molecule has 1 aromatic carbocycles. The van der Waals surface area contributed by atoms with Crippen molar-refractivity contribution in [2.24, 2.45) is 5.73 Å². The van der Waals surface area contributed by atoms with E-state index in [0.717, 1.165) is 0 Å². The summed E-state index contributed by atoms with van der Waals surface area (Å²) in [5.41, 5.74) is 5.85. The van der Waals surface area contributed by atoms with E-state index in [1.165, 1.54) is 0 Å². The van der Waals surface area contributed by atoms with Gasteiger partial charge < -0.3 is 36.8 Å². The molecule has 8 N–H and O–H groups in total. The lowest BCUT2D eigenvalue weighted by Crippen LogP contribution is -2.50. The zero-order chi connectivity index (χ0) is 25.2. The molecule has 0 heterocycles. The van der Waals surface area contributed by atoms with E-state index in [0.29, 0.717) is 5.56 Å². The maximum absolute atomic E-state index is 12.3. The van der Waals surface area contributed by atoms with E-state index < -0.39 is 86.6 Å². The molecular formula is C20H28F3N3O7. The molecule has 0 saturated heterocycles. The number of hydrogen-bond donors (Lipinski definition) is 7. The van der Waals surface area contributed by atoms with Gasteiger partial charge in [-0.05, 0) is 18.4 Å². The first-order valence-electron chi connectivity index (χ1n) is 10.0. The van der Waals surface area contributed by atoms with Crippen molar-refractivity contribution < 1.29 is 48.0 Å². The lowest BCUT2D eigenvalue weighted by molar-refractivity contribution is -0.140. The summed E-state index contributed by atoms with van der Waals surface area (Å²) < 4.78 is 36.8. The van der Waals surface area contributed by atoms with Crippen LogP contribution in [0.3, 0.4) is 0 Å². The predicted molar refractivity (Wildman–Crippen MR) is 108 cm³/mol. The largest absolute Gasteiger partial charge is 0.481 e. The Bertz CT molecular complexity index is 780. The highest BCUT2D eigenvalue weighted by Gasteiger charge is 2.32. The first kappa shape index (κ1) is 28.3. The van der Waals surface area contributed by atoms with Gasteiger partial charge in [-0.25, -0.2) is 0 Å². The number of benzene rings is 1. The van der Waals surface area contributed by atoms with E-state index in [4.69, 9.17) is 10.8 Å². The normalized spacial score (nSPS) is 16.2. The molecule has 0 aliphatic carbocycles. The number of nitrogens with two attached hydrogens (primary N) is 1. The molecule has 5 atom stereocenters. The number of amides is 2. The van der Waals surface area contributed by atoms with E-state index in [1.54, 1.807) is 30.3 Å². The van der Waals surface area contributed by atoms with Crippen molar-refractivity contribution in [1.29, 1.82) is 0 Å². The number of aliphatic hydroxyl groups excluding tert-OH is 3. The van der Waals surface area contributed by atoms with Gasteiger partial charge in [0.25, 0.3) is 5.91 Å². The Morgan fingerprint density at radius 1 is 1.03 bits per heavy atom. The summed E-state index contributed by atoms with van der Waals surface area (Å²) in [7, 11) is 0. The summed E-state index contributed by atoms with van der Waals surface area (Å²) in [6, 6.07) is 4.32. The van der Waals surface area contributed by atoms with Gasteiger partial charge in [0.15, 0.2) is 6.10 Å². The molecule has 0 unspecified atom stereocenters. The van der Waals surface area contributed by atoms with E-state index in [-0.39, 0.29) is 0 Å². The monoisotopic (exact) mass is 479 g/mol. The number of nitrogens with one attached hydrogen (secondary N) is 2. The summed E-state index contributed by atoms with van der Waals surface area (Å²) in [5, 5.41) is 43.2.